The molecule has 1 aliphatic carbocycles. The van der Waals surface area contributed by atoms with Crippen LogP contribution in [0.15, 0.2) is 18.2 Å². The number of rotatable bonds is 5. The van der Waals surface area contributed by atoms with Gasteiger partial charge in [0.25, 0.3) is 5.91 Å². The number of piperazine rings is 1. The van der Waals surface area contributed by atoms with Crippen LogP contribution in [0.4, 0.5) is 0 Å². The molecule has 1 aromatic carbocycles. The molecular weight excluding hydrogens is 349 g/mol. The molecule has 1 aliphatic heterocycles. The van der Waals surface area contributed by atoms with Gasteiger partial charge in [-0.2, -0.15) is 0 Å². The number of carbonyl (C=O) groups excluding carboxylic acids is 2. The van der Waals surface area contributed by atoms with Crippen molar-refractivity contribution in [2.75, 3.05) is 39.3 Å². The fourth-order valence-electron chi connectivity index (χ4n) is 2.84. The number of halogens is 2. The number of nitrogens with zero attached hydrogens (tertiary/aromatic N) is 2. The summed E-state index contributed by atoms with van der Waals surface area (Å²) in [6.45, 7) is 3.37. The number of hydrogen-bond acceptors (Lipinski definition) is 3. The smallest absolute Gasteiger partial charge is 0.257 e. The predicted molar refractivity (Wildman–Crippen MR) is 94.5 cm³/mol. The molecule has 7 heteroatoms. The Hall–Kier alpha value is -1.30. The predicted octanol–water partition coefficient (Wildman–Crippen LogP) is 2.28. The fourth-order valence-corrected chi connectivity index (χ4v) is 3.40. The SMILES string of the molecule is O=C(CNCC1CC1)N1CCN(C(=O)c2c(Cl)cccc2Cl)CC1. The number of nitrogens with one attached hydrogen (secondary N) is 1. The maximum Gasteiger partial charge on any atom is 0.257 e. The molecule has 0 aromatic heterocycles. The minimum absolute atomic E-state index is 0.0959. The Balaban J connectivity index is 1.50. The van der Waals surface area contributed by atoms with Gasteiger partial charge in [-0.05, 0) is 37.4 Å². The first-order valence-electron chi connectivity index (χ1n) is 8.28. The van der Waals surface area contributed by atoms with E-state index in [9.17, 15) is 9.59 Å². The zero-order chi connectivity index (χ0) is 17.1. The molecule has 2 aliphatic rings. The van der Waals surface area contributed by atoms with E-state index in [2.05, 4.69) is 5.32 Å². The molecule has 3 rings (SSSR count). The van der Waals surface area contributed by atoms with Gasteiger partial charge in [-0.15, -0.1) is 0 Å². The first kappa shape index (κ1) is 17.5. The molecule has 0 radical (unpaired) electrons. The number of amides is 2. The van der Waals surface area contributed by atoms with Gasteiger partial charge in [0.05, 0.1) is 22.2 Å². The number of carbonyl (C=O) groups is 2. The summed E-state index contributed by atoms with van der Waals surface area (Å²) >= 11 is 12.2. The van der Waals surface area contributed by atoms with E-state index in [-0.39, 0.29) is 11.8 Å². The summed E-state index contributed by atoms with van der Waals surface area (Å²) in [6.07, 6.45) is 2.54. The van der Waals surface area contributed by atoms with Gasteiger partial charge in [-0.3, -0.25) is 9.59 Å². The highest BCUT2D eigenvalue weighted by molar-refractivity contribution is 6.39. The van der Waals surface area contributed by atoms with Crippen molar-refractivity contribution in [3.05, 3.63) is 33.8 Å². The van der Waals surface area contributed by atoms with Gasteiger partial charge >= 0.3 is 0 Å². The van der Waals surface area contributed by atoms with E-state index < -0.39 is 0 Å². The molecular formula is C17H21Cl2N3O2. The first-order chi connectivity index (χ1) is 11.6. The molecule has 1 aromatic rings. The van der Waals surface area contributed by atoms with E-state index in [0.29, 0.717) is 48.3 Å². The summed E-state index contributed by atoms with van der Waals surface area (Å²) in [4.78, 5) is 28.3. The zero-order valence-corrected chi connectivity index (χ0v) is 14.9. The van der Waals surface area contributed by atoms with E-state index >= 15 is 0 Å². The lowest BCUT2D eigenvalue weighted by atomic mass is 10.1. The van der Waals surface area contributed by atoms with Crippen LogP contribution in [-0.2, 0) is 4.79 Å². The van der Waals surface area contributed by atoms with Crippen molar-refractivity contribution < 1.29 is 9.59 Å². The molecule has 0 bridgehead atoms. The largest absolute Gasteiger partial charge is 0.338 e. The Morgan fingerprint density at radius 1 is 1.04 bits per heavy atom. The summed E-state index contributed by atoms with van der Waals surface area (Å²) in [5.41, 5.74) is 0.340. The van der Waals surface area contributed by atoms with E-state index in [1.54, 1.807) is 28.0 Å². The van der Waals surface area contributed by atoms with Crippen molar-refractivity contribution in [1.82, 2.24) is 15.1 Å². The number of benzene rings is 1. The van der Waals surface area contributed by atoms with Crippen LogP contribution >= 0.6 is 23.2 Å². The third kappa shape index (κ3) is 4.21. The van der Waals surface area contributed by atoms with Gasteiger partial charge in [0, 0.05) is 26.2 Å². The molecule has 1 heterocycles. The molecule has 0 atom stereocenters. The van der Waals surface area contributed by atoms with Gasteiger partial charge in [0.1, 0.15) is 0 Å². The van der Waals surface area contributed by atoms with Gasteiger partial charge in [-0.1, -0.05) is 29.3 Å². The molecule has 2 amide bonds. The van der Waals surface area contributed by atoms with Gasteiger partial charge in [0.2, 0.25) is 5.91 Å². The average Bonchev–Trinajstić information content (AvgIpc) is 3.39. The monoisotopic (exact) mass is 369 g/mol. The van der Waals surface area contributed by atoms with Crippen molar-refractivity contribution in [2.24, 2.45) is 5.92 Å². The maximum atomic E-state index is 12.6. The van der Waals surface area contributed by atoms with Crippen molar-refractivity contribution in [1.29, 1.82) is 0 Å². The summed E-state index contributed by atoms with van der Waals surface area (Å²) in [5, 5.41) is 3.93. The van der Waals surface area contributed by atoms with Crippen LogP contribution in [0, 0.1) is 5.92 Å². The quantitative estimate of drug-likeness (QED) is 0.865. The van der Waals surface area contributed by atoms with Gasteiger partial charge in [0.15, 0.2) is 0 Å². The second-order valence-electron chi connectivity index (χ2n) is 6.34. The molecule has 1 saturated heterocycles. The highest BCUT2D eigenvalue weighted by atomic mass is 35.5. The molecule has 1 saturated carbocycles. The van der Waals surface area contributed by atoms with Crippen molar-refractivity contribution in [2.45, 2.75) is 12.8 Å². The van der Waals surface area contributed by atoms with Crippen LogP contribution in [0.2, 0.25) is 10.0 Å². The summed E-state index contributed by atoms with van der Waals surface area (Å²) in [6, 6.07) is 5.03. The summed E-state index contributed by atoms with van der Waals surface area (Å²) in [5.74, 6) is 0.677. The third-order valence-electron chi connectivity index (χ3n) is 4.50. The van der Waals surface area contributed by atoms with E-state index in [1.807, 2.05) is 0 Å². The third-order valence-corrected chi connectivity index (χ3v) is 5.13. The minimum Gasteiger partial charge on any atom is -0.338 e. The summed E-state index contributed by atoms with van der Waals surface area (Å²) < 4.78 is 0. The minimum atomic E-state index is -0.176. The Labute approximate surface area is 151 Å². The molecule has 130 valence electrons. The Bertz CT molecular complexity index is 606. The molecule has 1 N–H and O–H groups in total. The first-order valence-corrected chi connectivity index (χ1v) is 9.03. The molecule has 0 unspecified atom stereocenters. The van der Waals surface area contributed by atoms with Crippen LogP contribution in [0.1, 0.15) is 23.2 Å². The topological polar surface area (TPSA) is 52.7 Å². The van der Waals surface area contributed by atoms with Gasteiger partial charge < -0.3 is 15.1 Å². The highest BCUT2D eigenvalue weighted by Gasteiger charge is 2.27. The standard InChI is InChI=1S/C17H21Cl2N3O2/c18-13-2-1-3-14(19)16(13)17(24)22-8-6-21(7-9-22)15(23)11-20-10-12-4-5-12/h1-3,12,20H,4-11H2. The van der Waals surface area contributed by atoms with Crippen LogP contribution in [0.5, 0.6) is 0 Å². The second-order valence-corrected chi connectivity index (χ2v) is 7.16. The second kappa shape index (κ2) is 7.72. The van der Waals surface area contributed by atoms with Crippen molar-refractivity contribution in [3.8, 4) is 0 Å². The van der Waals surface area contributed by atoms with E-state index in [0.717, 1.165) is 12.5 Å². The lowest BCUT2D eigenvalue weighted by molar-refractivity contribution is -0.131. The molecule has 2 fully saturated rings. The Kier molecular flexibility index (Phi) is 5.64. The molecule has 5 nitrogen and oxygen atoms in total. The Morgan fingerprint density at radius 3 is 2.21 bits per heavy atom. The van der Waals surface area contributed by atoms with Gasteiger partial charge in [-0.25, -0.2) is 0 Å². The van der Waals surface area contributed by atoms with Crippen molar-refractivity contribution in [3.63, 3.8) is 0 Å². The zero-order valence-electron chi connectivity index (χ0n) is 13.4. The molecule has 24 heavy (non-hydrogen) atoms. The van der Waals surface area contributed by atoms with E-state index in [1.165, 1.54) is 12.8 Å². The number of hydrogen-bond donors (Lipinski definition) is 1. The molecule has 0 spiro atoms. The van der Waals surface area contributed by atoms with Crippen LogP contribution < -0.4 is 5.32 Å². The van der Waals surface area contributed by atoms with Crippen LogP contribution in [0.3, 0.4) is 0 Å². The summed E-state index contributed by atoms with van der Waals surface area (Å²) in [7, 11) is 0. The normalized spacial score (nSPS) is 17.9. The Morgan fingerprint density at radius 2 is 1.62 bits per heavy atom. The van der Waals surface area contributed by atoms with Crippen LogP contribution in [0.25, 0.3) is 0 Å². The average molecular weight is 370 g/mol. The maximum absolute atomic E-state index is 12.6. The fraction of sp³-hybridized carbons (Fsp3) is 0.529. The highest BCUT2D eigenvalue weighted by Crippen LogP contribution is 2.27. The van der Waals surface area contributed by atoms with Crippen molar-refractivity contribution >= 4 is 35.0 Å². The lowest BCUT2D eigenvalue weighted by Crippen LogP contribution is -2.52. The van der Waals surface area contributed by atoms with E-state index in [4.69, 9.17) is 23.2 Å². The van der Waals surface area contributed by atoms with Crippen LogP contribution in [-0.4, -0.2) is 60.9 Å². The lowest BCUT2D eigenvalue weighted by Gasteiger charge is -2.35.